The molecule has 1 aromatic heterocycles. The fraction of sp³-hybridized carbons (Fsp3) is 0. The molecule has 0 atom stereocenters. The molecule has 1 heteroatoms. The molecule has 0 aliphatic rings. The van der Waals surface area contributed by atoms with Gasteiger partial charge in [0.15, 0.2) is 0 Å². The van der Waals surface area contributed by atoms with E-state index in [2.05, 4.69) is 0 Å². The van der Waals surface area contributed by atoms with Crippen LogP contribution in [0, 0.1) is 0 Å². The summed E-state index contributed by atoms with van der Waals surface area (Å²) in [5.41, 5.74) is 1.37. The molecule has 1 nitrogen and oxygen atoms in total. The second kappa shape index (κ2) is 7.08. The highest BCUT2D eigenvalue weighted by atomic mass is 16.3. The van der Waals surface area contributed by atoms with Gasteiger partial charge in [-0.2, -0.15) is 0 Å². The van der Waals surface area contributed by atoms with E-state index < -0.39 is 42.3 Å². The summed E-state index contributed by atoms with van der Waals surface area (Å²) in [7, 11) is 0. The molecule has 0 amide bonds. The molecule has 0 spiro atoms. The van der Waals surface area contributed by atoms with Crippen LogP contribution in [0.4, 0.5) is 0 Å². The van der Waals surface area contributed by atoms with Crippen LogP contribution in [0.2, 0.25) is 0 Å². The quantitative estimate of drug-likeness (QED) is 0.249. The van der Waals surface area contributed by atoms with Crippen molar-refractivity contribution in [1.82, 2.24) is 0 Å². The van der Waals surface area contributed by atoms with Crippen LogP contribution in [0.5, 0.6) is 0 Å². The summed E-state index contributed by atoms with van der Waals surface area (Å²) < 4.78 is 100. The molecule has 0 aliphatic heterocycles. The molecule has 6 aromatic carbocycles. The van der Waals surface area contributed by atoms with E-state index in [1.54, 1.807) is 0 Å². The van der Waals surface area contributed by atoms with E-state index in [1.807, 2.05) is 30.3 Å². The van der Waals surface area contributed by atoms with Gasteiger partial charge in [-0.15, -0.1) is 0 Å². The van der Waals surface area contributed by atoms with Crippen molar-refractivity contribution in [1.29, 1.82) is 0 Å². The van der Waals surface area contributed by atoms with Crippen molar-refractivity contribution in [3.05, 3.63) is 121 Å². The van der Waals surface area contributed by atoms with Crippen molar-refractivity contribution in [3.8, 4) is 22.3 Å². The zero-order chi connectivity index (χ0) is 31.4. The minimum Gasteiger partial charge on any atom is -0.455 e. The first-order valence-electron chi connectivity index (χ1n) is 15.9. The molecule has 0 N–H and O–H groups in total. The Morgan fingerprint density at radius 1 is 0.485 bits per heavy atom. The highest BCUT2D eigenvalue weighted by Gasteiger charge is 2.19. The fourth-order valence-corrected chi connectivity index (χ4v) is 4.57. The first-order valence-corrected chi connectivity index (χ1v) is 10.4. The third-order valence-electron chi connectivity index (χ3n) is 5.94. The van der Waals surface area contributed by atoms with Gasteiger partial charge in [0.25, 0.3) is 0 Å². The van der Waals surface area contributed by atoms with E-state index in [-0.39, 0.29) is 57.2 Å². The van der Waals surface area contributed by atoms with Gasteiger partial charge >= 0.3 is 0 Å². The fourth-order valence-electron chi connectivity index (χ4n) is 4.57. The van der Waals surface area contributed by atoms with Crippen LogP contribution in [0.15, 0.2) is 125 Å². The van der Waals surface area contributed by atoms with E-state index in [0.717, 1.165) is 5.56 Å². The zero-order valence-corrected chi connectivity index (χ0v) is 17.1. The van der Waals surface area contributed by atoms with Gasteiger partial charge in [-0.3, -0.25) is 0 Å². The summed E-state index contributed by atoms with van der Waals surface area (Å²) in [5.74, 6) is 0. The number of benzene rings is 6. The molecule has 0 saturated heterocycles. The second-order valence-electron chi connectivity index (χ2n) is 7.69. The molecule has 33 heavy (non-hydrogen) atoms. The monoisotopic (exact) mass is 431 g/mol. The Balaban J connectivity index is 1.81. The number of rotatable bonds is 2. The van der Waals surface area contributed by atoms with Gasteiger partial charge in [0, 0.05) is 21.9 Å². The smallest absolute Gasteiger partial charge is 0.143 e. The van der Waals surface area contributed by atoms with Crippen molar-refractivity contribution in [2.24, 2.45) is 0 Å². The van der Waals surface area contributed by atoms with Crippen LogP contribution in [0.1, 0.15) is 15.1 Å². The molecule has 0 radical (unpaired) electrons. The lowest BCUT2D eigenvalue weighted by atomic mass is 9.85. The second-order valence-corrected chi connectivity index (χ2v) is 7.69. The topological polar surface area (TPSA) is 13.1 Å². The van der Waals surface area contributed by atoms with Crippen LogP contribution < -0.4 is 0 Å². The predicted molar refractivity (Wildman–Crippen MR) is 140 cm³/mol. The molecule has 154 valence electrons. The Labute approximate surface area is 207 Å². The summed E-state index contributed by atoms with van der Waals surface area (Å²) in [6.45, 7) is 0. The standard InChI is InChI=1S/C32H20O/c1-2-11-21(12-3-1)30-23-14-4-6-16-25(23)31(26-17-7-5-15-24(26)30)28-19-10-18-27-22-13-8-9-20-29(22)33-32(27)28/h1-20H/i4D,5D,6D,7D,8D,9D,10D,13D,18D,19D,20D. The van der Waals surface area contributed by atoms with Gasteiger partial charge in [0.1, 0.15) is 11.2 Å². The van der Waals surface area contributed by atoms with Crippen LogP contribution in [0.3, 0.4) is 0 Å². The van der Waals surface area contributed by atoms with Crippen LogP contribution in [0.25, 0.3) is 65.7 Å². The van der Waals surface area contributed by atoms with Crippen molar-refractivity contribution < 1.29 is 19.5 Å². The summed E-state index contributed by atoms with van der Waals surface area (Å²) in [5, 5.41) is 1.72. The third kappa shape index (κ3) is 2.66. The first-order chi connectivity index (χ1) is 20.9. The molecule has 0 unspecified atom stereocenters. The Bertz CT molecular complexity index is 2330. The maximum atomic E-state index is 9.08. The number of hydrogen-bond donors (Lipinski definition) is 0. The van der Waals surface area contributed by atoms with Crippen LogP contribution >= 0.6 is 0 Å². The van der Waals surface area contributed by atoms with Crippen molar-refractivity contribution in [2.75, 3.05) is 0 Å². The molecule has 0 fully saturated rings. The van der Waals surface area contributed by atoms with Crippen molar-refractivity contribution in [2.45, 2.75) is 0 Å². The SMILES string of the molecule is [2H]c1cc2c(-c3ccccc3)c3cc([2H])c([2H])cc3c(-c3c([2H])c([2H])c([2H])c4c3oc3c([2H])c([2H])c([2H])c([2H])c34)c2cc1[2H]. The molecular formula is C32H20O. The molecule has 0 aliphatic carbocycles. The van der Waals surface area contributed by atoms with Gasteiger partial charge in [-0.1, -0.05) is 115 Å². The number of fused-ring (bicyclic) bond motifs is 5. The van der Waals surface area contributed by atoms with Gasteiger partial charge in [-0.05, 0) is 38.7 Å². The summed E-state index contributed by atoms with van der Waals surface area (Å²) in [6.07, 6.45) is 0. The van der Waals surface area contributed by atoms with E-state index in [1.165, 1.54) is 24.3 Å². The van der Waals surface area contributed by atoms with Crippen LogP contribution in [-0.2, 0) is 0 Å². The minimum absolute atomic E-state index is 0.0120. The summed E-state index contributed by atoms with van der Waals surface area (Å²) in [6, 6.07) is 11.6. The largest absolute Gasteiger partial charge is 0.455 e. The Hall–Kier alpha value is -4.36. The van der Waals surface area contributed by atoms with Crippen molar-refractivity contribution >= 4 is 43.5 Å². The van der Waals surface area contributed by atoms with Gasteiger partial charge in [-0.25, -0.2) is 0 Å². The minimum atomic E-state index is -0.529. The Kier molecular flexibility index (Phi) is 2.25. The van der Waals surface area contributed by atoms with Gasteiger partial charge < -0.3 is 4.42 Å². The lowest BCUT2D eigenvalue weighted by Crippen LogP contribution is -1.90. The third-order valence-corrected chi connectivity index (χ3v) is 5.94. The number of hydrogen-bond acceptors (Lipinski definition) is 1. The van der Waals surface area contributed by atoms with E-state index in [0.29, 0.717) is 27.1 Å². The maximum Gasteiger partial charge on any atom is 0.143 e. The average Bonchev–Trinajstić information content (AvgIpc) is 3.40. The Morgan fingerprint density at radius 2 is 1.09 bits per heavy atom. The van der Waals surface area contributed by atoms with Gasteiger partial charge in [0.2, 0.25) is 0 Å². The van der Waals surface area contributed by atoms with E-state index in [4.69, 9.17) is 19.5 Å². The molecule has 1 heterocycles. The number of furan rings is 1. The lowest BCUT2D eigenvalue weighted by molar-refractivity contribution is 0.670. The molecule has 0 saturated carbocycles. The predicted octanol–water partition coefficient (Wildman–Crippen LogP) is 9.23. The normalized spacial score (nSPS) is 16.3. The highest BCUT2D eigenvalue weighted by Crippen LogP contribution is 2.46. The molecule has 7 aromatic rings. The average molecular weight is 432 g/mol. The zero-order valence-electron chi connectivity index (χ0n) is 28.1. The maximum absolute atomic E-state index is 9.08. The number of para-hydroxylation sites is 2. The highest BCUT2D eigenvalue weighted by molar-refractivity contribution is 6.24. The lowest BCUT2D eigenvalue weighted by Gasteiger charge is -2.17. The van der Waals surface area contributed by atoms with E-state index in [9.17, 15) is 0 Å². The molecule has 7 rings (SSSR count). The summed E-state index contributed by atoms with van der Waals surface area (Å²) >= 11 is 0. The Morgan fingerprint density at radius 3 is 1.79 bits per heavy atom. The summed E-state index contributed by atoms with van der Waals surface area (Å²) in [4.78, 5) is 0. The van der Waals surface area contributed by atoms with Gasteiger partial charge in [0.05, 0.1) is 15.1 Å². The van der Waals surface area contributed by atoms with Crippen LogP contribution in [-0.4, -0.2) is 0 Å². The van der Waals surface area contributed by atoms with Crippen molar-refractivity contribution in [3.63, 3.8) is 0 Å². The molecule has 0 bridgehead atoms. The molecular weight excluding hydrogens is 400 g/mol. The first kappa shape index (κ1) is 10.5. The van der Waals surface area contributed by atoms with E-state index >= 15 is 0 Å².